The number of benzene rings is 3. The van der Waals surface area contributed by atoms with Crippen molar-refractivity contribution in [3.05, 3.63) is 83.7 Å². The summed E-state index contributed by atoms with van der Waals surface area (Å²) in [5.74, 6) is 0.920. The lowest BCUT2D eigenvalue weighted by Gasteiger charge is -2.23. The Morgan fingerprint density at radius 2 is 1.73 bits per heavy atom. The molecule has 154 valence electrons. The topological polar surface area (TPSA) is 38.8 Å². The zero-order valence-corrected chi connectivity index (χ0v) is 17.6. The van der Waals surface area contributed by atoms with Crippen molar-refractivity contribution in [1.29, 1.82) is 0 Å². The maximum absolute atomic E-state index is 14.3. The SMILES string of the molecule is COc1ccc(C2CC(=O)N(Cc3ccccc3F)c3ccccc3S2)cc1OC. The van der Waals surface area contributed by atoms with Gasteiger partial charge in [0.1, 0.15) is 5.82 Å². The molecule has 0 aliphatic carbocycles. The predicted molar refractivity (Wildman–Crippen MR) is 117 cm³/mol. The van der Waals surface area contributed by atoms with Crippen molar-refractivity contribution in [2.24, 2.45) is 0 Å². The highest BCUT2D eigenvalue weighted by Gasteiger charge is 2.30. The molecule has 1 aliphatic rings. The van der Waals surface area contributed by atoms with E-state index in [2.05, 4.69) is 0 Å². The summed E-state index contributed by atoms with van der Waals surface area (Å²) in [6.07, 6.45) is 0.295. The molecule has 3 aromatic rings. The number of halogens is 1. The molecule has 6 heteroatoms. The molecule has 1 aliphatic heterocycles. The fourth-order valence-corrected chi connectivity index (χ4v) is 4.86. The van der Waals surface area contributed by atoms with E-state index in [0.29, 0.717) is 23.5 Å². The first-order valence-corrected chi connectivity index (χ1v) is 10.5. The zero-order valence-electron chi connectivity index (χ0n) is 16.8. The molecule has 1 atom stereocenters. The van der Waals surface area contributed by atoms with E-state index in [1.807, 2.05) is 42.5 Å². The number of ether oxygens (including phenoxy) is 2. The van der Waals surface area contributed by atoms with Gasteiger partial charge < -0.3 is 14.4 Å². The van der Waals surface area contributed by atoms with Crippen molar-refractivity contribution >= 4 is 23.4 Å². The Morgan fingerprint density at radius 1 is 1.00 bits per heavy atom. The highest BCUT2D eigenvalue weighted by molar-refractivity contribution is 7.99. The molecule has 0 N–H and O–H groups in total. The van der Waals surface area contributed by atoms with Crippen LogP contribution in [0.25, 0.3) is 0 Å². The second-order valence-corrected chi connectivity index (χ2v) is 8.21. The van der Waals surface area contributed by atoms with Gasteiger partial charge in [0.05, 0.1) is 26.5 Å². The van der Waals surface area contributed by atoms with Crippen molar-refractivity contribution in [3.63, 3.8) is 0 Å². The summed E-state index contributed by atoms with van der Waals surface area (Å²) < 4.78 is 25.0. The number of methoxy groups -OCH3 is 2. The summed E-state index contributed by atoms with van der Waals surface area (Å²) in [5, 5.41) is -0.0934. The predicted octanol–water partition coefficient (Wildman–Crippen LogP) is 5.61. The fourth-order valence-electron chi connectivity index (χ4n) is 3.59. The van der Waals surface area contributed by atoms with Crippen molar-refractivity contribution in [2.45, 2.75) is 23.1 Å². The molecule has 1 heterocycles. The Kier molecular flexibility index (Phi) is 5.95. The van der Waals surface area contributed by atoms with E-state index in [-0.39, 0.29) is 23.5 Å². The van der Waals surface area contributed by atoms with Gasteiger partial charge in [-0.15, -0.1) is 11.8 Å². The second-order valence-electron chi connectivity index (χ2n) is 6.96. The van der Waals surface area contributed by atoms with Crippen LogP contribution in [0.15, 0.2) is 71.6 Å². The lowest BCUT2D eigenvalue weighted by molar-refractivity contribution is -0.118. The highest BCUT2D eigenvalue weighted by atomic mass is 32.2. The first kappa shape index (κ1) is 20.3. The Balaban J connectivity index is 1.70. The first-order valence-electron chi connectivity index (χ1n) is 9.62. The average Bonchev–Trinajstić information content (AvgIpc) is 2.91. The van der Waals surface area contributed by atoms with E-state index in [0.717, 1.165) is 16.1 Å². The van der Waals surface area contributed by atoms with E-state index in [9.17, 15) is 9.18 Å². The summed E-state index contributed by atoms with van der Waals surface area (Å²) in [6.45, 7) is 0.196. The van der Waals surface area contributed by atoms with Gasteiger partial charge in [0.15, 0.2) is 11.5 Å². The number of para-hydroxylation sites is 1. The summed E-state index contributed by atoms with van der Waals surface area (Å²) in [7, 11) is 3.19. The average molecular weight is 424 g/mol. The number of hydrogen-bond donors (Lipinski definition) is 0. The molecule has 0 saturated carbocycles. The van der Waals surface area contributed by atoms with Crippen LogP contribution >= 0.6 is 11.8 Å². The molecule has 30 heavy (non-hydrogen) atoms. The third-order valence-electron chi connectivity index (χ3n) is 5.15. The van der Waals surface area contributed by atoms with Crippen molar-refractivity contribution in [1.82, 2.24) is 0 Å². The number of nitrogens with zero attached hydrogens (tertiary/aromatic N) is 1. The quantitative estimate of drug-likeness (QED) is 0.534. The Labute approximate surface area is 179 Å². The number of rotatable bonds is 5. The van der Waals surface area contributed by atoms with Gasteiger partial charge in [0.25, 0.3) is 0 Å². The van der Waals surface area contributed by atoms with Gasteiger partial charge in [-0.1, -0.05) is 36.4 Å². The van der Waals surface area contributed by atoms with E-state index in [1.165, 1.54) is 6.07 Å². The summed E-state index contributed by atoms with van der Waals surface area (Å²) in [6, 6.07) is 20.1. The Morgan fingerprint density at radius 3 is 2.50 bits per heavy atom. The fraction of sp³-hybridized carbons (Fsp3) is 0.208. The third-order valence-corrected chi connectivity index (χ3v) is 6.47. The van der Waals surface area contributed by atoms with Gasteiger partial charge in [0, 0.05) is 22.1 Å². The van der Waals surface area contributed by atoms with E-state index in [1.54, 1.807) is 49.1 Å². The third kappa shape index (κ3) is 4.00. The van der Waals surface area contributed by atoms with Crippen molar-refractivity contribution in [2.75, 3.05) is 19.1 Å². The molecule has 0 spiro atoms. The molecule has 4 rings (SSSR count). The number of carbonyl (C=O) groups excluding carboxylic acids is 1. The van der Waals surface area contributed by atoms with Crippen LogP contribution in [0.1, 0.15) is 22.8 Å². The number of anilines is 1. The summed E-state index contributed by atoms with van der Waals surface area (Å²) in [5.41, 5.74) is 2.28. The van der Waals surface area contributed by atoms with Crippen LogP contribution < -0.4 is 14.4 Å². The lowest BCUT2D eigenvalue weighted by Crippen LogP contribution is -2.30. The lowest BCUT2D eigenvalue weighted by atomic mass is 10.1. The van der Waals surface area contributed by atoms with Crippen molar-refractivity contribution < 1.29 is 18.7 Å². The first-order chi connectivity index (χ1) is 14.6. The van der Waals surface area contributed by atoms with Gasteiger partial charge in [-0.3, -0.25) is 4.79 Å². The van der Waals surface area contributed by atoms with Crippen LogP contribution in [0.3, 0.4) is 0 Å². The molecule has 0 aromatic heterocycles. The van der Waals surface area contributed by atoms with E-state index >= 15 is 0 Å². The van der Waals surface area contributed by atoms with Crippen LogP contribution in [0.4, 0.5) is 10.1 Å². The van der Waals surface area contributed by atoms with Crippen LogP contribution in [-0.2, 0) is 11.3 Å². The molecule has 1 amide bonds. The van der Waals surface area contributed by atoms with Gasteiger partial charge >= 0.3 is 0 Å². The highest BCUT2D eigenvalue weighted by Crippen LogP contribution is 2.47. The van der Waals surface area contributed by atoms with Crippen LogP contribution in [0.5, 0.6) is 11.5 Å². The largest absolute Gasteiger partial charge is 0.493 e. The van der Waals surface area contributed by atoms with Gasteiger partial charge in [-0.2, -0.15) is 0 Å². The normalized spacial score (nSPS) is 16.0. The van der Waals surface area contributed by atoms with Crippen LogP contribution in [0, 0.1) is 5.82 Å². The monoisotopic (exact) mass is 423 g/mol. The minimum Gasteiger partial charge on any atom is -0.493 e. The standard InChI is InChI=1S/C24H22FNO3S/c1-28-20-12-11-16(13-21(20)29-2)23-14-24(27)26(15-17-7-3-4-8-18(17)25)19-9-5-6-10-22(19)30-23/h3-13,23H,14-15H2,1-2H3. The van der Waals surface area contributed by atoms with Crippen molar-refractivity contribution in [3.8, 4) is 11.5 Å². The number of thioether (sulfide) groups is 1. The maximum Gasteiger partial charge on any atom is 0.228 e. The smallest absolute Gasteiger partial charge is 0.228 e. The van der Waals surface area contributed by atoms with E-state index in [4.69, 9.17) is 9.47 Å². The Hall–Kier alpha value is -2.99. The van der Waals surface area contributed by atoms with Gasteiger partial charge in [-0.25, -0.2) is 4.39 Å². The number of fused-ring (bicyclic) bond motifs is 1. The molecule has 0 fully saturated rings. The minimum absolute atomic E-state index is 0.0458. The molecule has 0 saturated heterocycles. The summed E-state index contributed by atoms with van der Waals surface area (Å²) in [4.78, 5) is 16.0. The molecule has 1 unspecified atom stereocenters. The molecular weight excluding hydrogens is 401 g/mol. The number of carbonyl (C=O) groups is 1. The Bertz CT molecular complexity index is 1070. The molecule has 4 nitrogen and oxygen atoms in total. The molecule has 0 bridgehead atoms. The van der Waals surface area contributed by atoms with Crippen LogP contribution in [-0.4, -0.2) is 20.1 Å². The second kappa shape index (κ2) is 8.79. The molecule has 0 radical (unpaired) electrons. The number of hydrogen-bond acceptors (Lipinski definition) is 4. The maximum atomic E-state index is 14.3. The van der Waals surface area contributed by atoms with Gasteiger partial charge in [-0.05, 0) is 35.9 Å². The molecular formula is C24H22FNO3S. The van der Waals surface area contributed by atoms with Gasteiger partial charge in [0.2, 0.25) is 5.91 Å². The number of amides is 1. The summed E-state index contributed by atoms with van der Waals surface area (Å²) >= 11 is 1.63. The van der Waals surface area contributed by atoms with Crippen LogP contribution in [0.2, 0.25) is 0 Å². The van der Waals surface area contributed by atoms with E-state index < -0.39 is 0 Å². The molecule has 3 aromatic carbocycles. The minimum atomic E-state index is -0.309. The zero-order chi connectivity index (χ0) is 21.1.